The van der Waals surface area contributed by atoms with Crippen molar-refractivity contribution in [1.29, 1.82) is 0 Å². The Kier molecular flexibility index (Phi) is 7.03. The van der Waals surface area contributed by atoms with Crippen LogP contribution < -0.4 is 10.1 Å². The Balaban J connectivity index is 1.48. The standard InChI is InChI=1S/C21H26N2O4S/c1-14-5-3-4-6-19(14)23-20(24)15(2)27-21(25)16-7-9-18(10-8-16)26-11-17-12-28-13-22-17/h7-10,12-15,19H,3-6,11H2,1-2H3,(H,23,24)/t14-,15+,19-/m1/s1. The molecular formula is C21H26N2O4S. The van der Waals surface area contributed by atoms with Crippen molar-refractivity contribution in [2.45, 2.75) is 58.3 Å². The molecule has 1 aliphatic carbocycles. The van der Waals surface area contributed by atoms with Gasteiger partial charge >= 0.3 is 5.97 Å². The van der Waals surface area contributed by atoms with Gasteiger partial charge in [0.1, 0.15) is 12.4 Å². The van der Waals surface area contributed by atoms with Gasteiger partial charge in [-0.15, -0.1) is 11.3 Å². The summed E-state index contributed by atoms with van der Waals surface area (Å²) in [6, 6.07) is 6.84. The number of benzene rings is 1. The lowest BCUT2D eigenvalue weighted by molar-refractivity contribution is -0.130. The van der Waals surface area contributed by atoms with Gasteiger partial charge in [0, 0.05) is 11.4 Å². The summed E-state index contributed by atoms with van der Waals surface area (Å²) < 4.78 is 11.0. The zero-order chi connectivity index (χ0) is 19.9. The van der Waals surface area contributed by atoms with Crippen molar-refractivity contribution >= 4 is 23.2 Å². The minimum absolute atomic E-state index is 0.163. The van der Waals surface area contributed by atoms with E-state index in [-0.39, 0.29) is 11.9 Å². The lowest BCUT2D eigenvalue weighted by atomic mass is 9.86. The van der Waals surface area contributed by atoms with Crippen molar-refractivity contribution < 1.29 is 19.1 Å². The number of amides is 1. The second-order valence-electron chi connectivity index (χ2n) is 7.22. The van der Waals surface area contributed by atoms with E-state index in [2.05, 4.69) is 17.2 Å². The number of hydrogen-bond donors (Lipinski definition) is 1. The van der Waals surface area contributed by atoms with E-state index >= 15 is 0 Å². The minimum atomic E-state index is -0.831. The quantitative estimate of drug-likeness (QED) is 0.709. The molecule has 2 aromatic rings. The maximum Gasteiger partial charge on any atom is 0.338 e. The third kappa shape index (κ3) is 5.55. The second-order valence-corrected chi connectivity index (χ2v) is 7.94. The largest absolute Gasteiger partial charge is 0.487 e. The molecule has 0 bridgehead atoms. The topological polar surface area (TPSA) is 77.5 Å². The molecule has 1 aromatic carbocycles. The molecule has 0 radical (unpaired) electrons. The number of rotatable bonds is 7. The van der Waals surface area contributed by atoms with Gasteiger partial charge in [-0.1, -0.05) is 19.8 Å². The van der Waals surface area contributed by atoms with Gasteiger partial charge in [-0.05, 0) is 49.9 Å². The summed E-state index contributed by atoms with van der Waals surface area (Å²) in [5.74, 6) is 0.333. The maximum absolute atomic E-state index is 12.4. The van der Waals surface area contributed by atoms with Crippen LogP contribution in [0.1, 0.15) is 55.6 Å². The van der Waals surface area contributed by atoms with Crippen molar-refractivity contribution in [1.82, 2.24) is 10.3 Å². The molecule has 1 fully saturated rings. The fraction of sp³-hybridized carbons (Fsp3) is 0.476. The summed E-state index contributed by atoms with van der Waals surface area (Å²) in [5.41, 5.74) is 3.00. The summed E-state index contributed by atoms with van der Waals surface area (Å²) in [4.78, 5) is 28.8. The van der Waals surface area contributed by atoms with E-state index in [1.54, 1.807) is 36.7 Å². The molecule has 1 N–H and O–H groups in total. The highest BCUT2D eigenvalue weighted by atomic mass is 32.1. The summed E-state index contributed by atoms with van der Waals surface area (Å²) in [7, 11) is 0. The smallest absolute Gasteiger partial charge is 0.338 e. The van der Waals surface area contributed by atoms with Crippen LogP contribution in [0.15, 0.2) is 35.2 Å². The second kappa shape index (κ2) is 9.68. The van der Waals surface area contributed by atoms with E-state index < -0.39 is 12.1 Å². The van der Waals surface area contributed by atoms with Gasteiger partial charge in [-0.3, -0.25) is 4.79 Å². The first-order chi connectivity index (χ1) is 13.5. The van der Waals surface area contributed by atoms with Gasteiger partial charge < -0.3 is 14.8 Å². The predicted octanol–water partition coefficient (Wildman–Crippen LogP) is 3.96. The third-order valence-electron chi connectivity index (χ3n) is 5.05. The number of nitrogens with zero attached hydrogens (tertiary/aromatic N) is 1. The van der Waals surface area contributed by atoms with E-state index in [0.29, 0.717) is 23.8 Å². The van der Waals surface area contributed by atoms with E-state index in [0.717, 1.165) is 25.0 Å². The zero-order valence-corrected chi connectivity index (χ0v) is 17.0. The number of thiazole rings is 1. The highest BCUT2D eigenvalue weighted by Gasteiger charge is 2.26. The molecule has 1 amide bonds. The monoisotopic (exact) mass is 402 g/mol. The van der Waals surface area contributed by atoms with Crippen molar-refractivity contribution in [2.75, 3.05) is 0 Å². The molecule has 150 valence electrons. The van der Waals surface area contributed by atoms with Gasteiger partial charge in [0.2, 0.25) is 0 Å². The van der Waals surface area contributed by atoms with Gasteiger partial charge in [0.15, 0.2) is 6.10 Å². The van der Waals surface area contributed by atoms with Gasteiger partial charge in [0.25, 0.3) is 5.91 Å². The summed E-state index contributed by atoms with van der Waals surface area (Å²) >= 11 is 1.51. The molecule has 0 saturated heterocycles. The van der Waals surface area contributed by atoms with Crippen molar-refractivity contribution in [3.05, 3.63) is 46.4 Å². The van der Waals surface area contributed by atoms with Gasteiger partial charge in [0.05, 0.1) is 16.8 Å². The molecule has 6 nitrogen and oxygen atoms in total. The molecular weight excluding hydrogens is 376 g/mol. The van der Waals surface area contributed by atoms with Crippen LogP contribution >= 0.6 is 11.3 Å². The Labute approximate surface area is 169 Å². The molecule has 1 saturated carbocycles. The molecule has 28 heavy (non-hydrogen) atoms. The highest BCUT2D eigenvalue weighted by molar-refractivity contribution is 7.07. The highest BCUT2D eigenvalue weighted by Crippen LogP contribution is 2.24. The average Bonchev–Trinajstić information content (AvgIpc) is 3.22. The molecule has 0 spiro atoms. The van der Waals surface area contributed by atoms with Crippen LogP contribution in [-0.2, 0) is 16.1 Å². The summed E-state index contributed by atoms with van der Waals surface area (Å²) in [6.45, 7) is 4.13. The number of aromatic nitrogens is 1. The molecule has 1 heterocycles. The number of esters is 1. The van der Waals surface area contributed by atoms with Crippen LogP contribution in [0.3, 0.4) is 0 Å². The number of carbonyl (C=O) groups excluding carboxylic acids is 2. The van der Waals surface area contributed by atoms with Crippen LogP contribution in [0.5, 0.6) is 5.75 Å². The lowest BCUT2D eigenvalue weighted by Crippen LogP contribution is -2.45. The minimum Gasteiger partial charge on any atom is -0.487 e. The van der Waals surface area contributed by atoms with Crippen LogP contribution in [0.25, 0.3) is 0 Å². The molecule has 1 aliphatic rings. The molecule has 7 heteroatoms. The lowest BCUT2D eigenvalue weighted by Gasteiger charge is -2.30. The first-order valence-corrected chi connectivity index (χ1v) is 10.6. The van der Waals surface area contributed by atoms with Crippen molar-refractivity contribution in [2.24, 2.45) is 5.92 Å². The summed E-state index contributed by atoms with van der Waals surface area (Å²) in [5, 5.41) is 4.95. The van der Waals surface area contributed by atoms with Crippen molar-refractivity contribution in [3.8, 4) is 5.75 Å². The Morgan fingerprint density at radius 2 is 2.00 bits per heavy atom. The van der Waals surface area contributed by atoms with E-state index in [9.17, 15) is 9.59 Å². The van der Waals surface area contributed by atoms with Crippen molar-refractivity contribution in [3.63, 3.8) is 0 Å². The van der Waals surface area contributed by atoms with Gasteiger partial charge in [-0.25, -0.2) is 9.78 Å². The number of carbonyl (C=O) groups is 2. The van der Waals surface area contributed by atoms with Crippen LogP contribution in [0, 0.1) is 5.92 Å². The first kappa shape index (κ1) is 20.3. The Morgan fingerprint density at radius 3 is 2.68 bits per heavy atom. The zero-order valence-electron chi connectivity index (χ0n) is 16.2. The number of hydrogen-bond acceptors (Lipinski definition) is 6. The average molecular weight is 403 g/mol. The molecule has 0 unspecified atom stereocenters. The fourth-order valence-electron chi connectivity index (χ4n) is 3.27. The van der Waals surface area contributed by atoms with E-state index in [1.165, 1.54) is 17.8 Å². The van der Waals surface area contributed by atoms with E-state index in [4.69, 9.17) is 9.47 Å². The number of ether oxygens (including phenoxy) is 2. The predicted molar refractivity (Wildman–Crippen MR) is 107 cm³/mol. The Bertz CT molecular complexity index is 776. The third-order valence-corrected chi connectivity index (χ3v) is 5.69. The van der Waals surface area contributed by atoms with Crippen LogP contribution in [0.2, 0.25) is 0 Å². The fourth-order valence-corrected chi connectivity index (χ4v) is 3.81. The maximum atomic E-state index is 12.4. The summed E-state index contributed by atoms with van der Waals surface area (Å²) in [6.07, 6.45) is 3.61. The number of nitrogens with one attached hydrogen (secondary N) is 1. The Hall–Kier alpha value is -2.41. The Morgan fingerprint density at radius 1 is 1.25 bits per heavy atom. The molecule has 1 aromatic heterocycles. The van der Waals surface area contributed by atoms with E-state index in [1.807, 2.05) is 5.38 Å². The molecule has 0 aliphatic heterocycles. The van der Waals surface area contributed by atoms with Crippen LogP contribution in [0.4, 0.5) is 0 Å². The SMILES string of the molecule is C[C@H](OC(=O)c1ccc(OCc2cscn2)cc1)C(=O)N[C@@H]1CCCC[C@H]1C. The molecule has 3 atom stereocenters. The normalized spacial score (nSPS) is 20.2. The van der Waals surface area contributed by atoms with Crippen LogP contribution in [-0.4, -0.2) is 29.0 Å². The first-order valence-electron chi connectivity index (χ1n) is 9.64. The molecule has 3 rings (SSSR count). The van der Waals surface area contributed by atoms with Gasteiger partial charge in [-0.2, -0.15) is 0 Å².